The summed E-state index contributed by atoms with van der Waals surface area (Å²) in [5.74, 6) is 0.270. The summed E-state index contributed by atoms with van der Waals surface area (Å²) in [6.07, 6.45) is 2.17. The van der Waals surface area contributed by atoms with Gasteiger partial charge in [0.1, 0.15) is 5.82 Å². The fraction of sp³-hybridized carbons (Fsp3) is 0.500. The molecule has 1 aliphatic heterocycles. The Kier molecular flexibility index (Phi) is 4.93. The summed E-state index contributed by atoms with van der Waals surface area (Å²) in [5.41, 5.74) is 4.43. The maximum atomic E-state index is 13.1. The number of hydrogen-bond donors (Lipinski definition) is 0. The van der Waals surface area contributed by atoms with Gasteiger partial charge in [-0.3, -0.25) is 9.48 Å². The normalized spacial score (nSPS) is 20.3. The van der Waals surface area contributed by atoms with Crippen molar-refractivity contribution in [3.8, 4) is 0 Å². The number of rotatable bonds is 4. The Labute approximate surface area is 148 Å². The van der Waals surface area contributed by atoms with E-state index in [1.54, 1.807) is 0 Å². The Morgan fingerprint density at radius 3 is 2.56 bits per heavy atom. The van der Waals surface area contributed by atoms with Crippen molar-refractivity contribution in [3.63, 3.8) is 0 Å². The smallest absolute Gasteiger partial charge is 0.223 e. The summed E-state index contributed by atoms with van der Waals surface area (Å²) in [7, 11) is 1.93. The predicted octanol–water partition coefficient (Wildman–Crippen LogP) is 3.51. The van der Waals surface area contributed by atoms with Gasteiger partial charge in [-0.2, -0.15) is 5.10 Å². The molecule has 3 rings (SSSR count). The van der Waals surface area contributed by atoms with E-state index < -0.39 is 0 Å². The first-order chi connectivity index (χ1) is 11.9. The second kappa shape index (κ2) is 6.98. The van der Waals surface area contributed by atoms with Crippen molar-refractivity contribution >= 4 is 5.91 Å². The van der Waals surface area contributed by atoms with Gasteiger partial charge in [0.15, 0.2) is 0 Å². The van der Waals surface area contributed by atoms with Crippen LogP contribution >= 0.6 is 0 Å². The maximum Gasteiger partial charge on any atom is 0.223 e. The molecule has 1 aliphatic rings. The Hall–Kier alpha value is -2.17. The monoisotopic (exact) mass is 343 g/mol. The lowest BCUT2D eigenvalue weighted by Gasteiger charge is -2.21. The zero-order chi connectivity index (χ0) is 18.1. The summed E-state index contributed by atoms with van der Waals surface area (Å²) in [5, 5.41) is 4.42. The lowest BCUT2D eigenvalue weighted by molar-refractivity contribution is -0.131. The molecule has 5 heteroatoms. The molecule has 2 atom stereocenters. The number of aromatic nitrogens is 2. The van der Waals surface area contributed by atoms with Crippen LogP contribution in [0.5, 0.6) is 0 Å². The lowest BCUT2D eigenvalue weighted by Crippen LogP contribution is -2.34. The van der Waals surface area contributed by atoms with Gasteiger partial charge in [0.05, 0.1) is 5.69 Å². The lowest BCUT2D eigenvalue weighted by atomic mass is 9.97. The number of benzene rings is 1. The first-order valence-electron chi connectivity index (χ1n) is 8.90. The molecular formula is C20H26FN3O. The Balaban J connectivity index is 1.63. The molecule has 0 N–H and O–H groups in total. The minimum Gasteiger partial charge on any atom is -0.339 e. The number of aryl methyl sites for hydroxylation is 2. The number of carbonyl (C=O) groups is 1. The minimum absolute atomic E-state index is 0.194. The molecule has 1 saturated heterocycles. The molecule has 25 heavy (non-hydrogen) atoms. The molecule has 0 saturated carbocycles. The van der Waals surface area contributed by atoms with E-state index in [1.807, 2.05) is 42.6 Å². The molecule has 0 bridgehead atoms. The zero-order valence-corrected chi connectivity index (χ0v) is 15.4. The fourth-order valence-corrected chi connectivity index (χ4v) is 3.91. The number of halogens is 1. The summed E-state index contributed by atoms with van der Waals surface area (Å²) < 4.78 is 15.0. The van der Waals surface area contributed by atoms with Crippen molar-refractivity contribution in [2.45, 2.75) is 52.0 Å². The van der Waals surface area contributed by atoms with Crippen LogP contribution in [0.1, 0.15) is 48.2 Å². The van der Waals surface area contributed by atoms with Crippen molar-refractivity contribution in [3.05, 3.63) is 52.6 Å². The molecule has 1 aromatic carbocycles. The Bertz CT molecular complexity index is 766. The average Bonchev–Trinajstić information content (AvgIpc) is 3.07. The second-order valence-electron chi connectivity index (χ2n) is 7.15. The molecule has 0 spiro atoms. The van der Waals surface area contributed by atoms with Gasteiger partial charge < -0.3 is 4.90 Å². The molecule has 1 aromatic heterocycles. The predicted molar refractivity (Wildman–Crippen MR) is 95.9 cm³/mol. The summed E-state index contributed by atoms with van der Waals surface area (Å²) in [6, 6.07) is 6.89. The molecule has 0 unspecified atom stereocenters. The molecule has 134 valence electrons. The minimum atomic E-state index is -0.218. The van der Waals surface area contributed by atoms with Crippen LogP contribution in [-0.4, -0.2) is 33.2 Å². The molecule has 4 nitrogen and oxygen atoms in total. The van der Waals surface area contributed by atoms with Gasteiger partial charge in [-0.05, 0) is 56.9 Å². The number of carbonyl (C=O) groups excluding carboxylic acids is 1. The van der Waals surface area contributed by atoms with Crippen LogP contribution in [0.15, 0.2) is 24.3 Å². The molecule has 1 amide bonds. The van der Waals surface area contributed by atoms with Crippen LogP contribution in [0.4, 0.5) is 4.39 Å². The van der Waals surface area contributed by atoms with Gasteiger partial charge in [0.25, 0.3) is 0 Å². The molecule has 0 aliphatic carbocycles. The van der Waals surface area contributed by atoms with Gasteiger partial charge in [0, 0.05) is 37.7 Å². The van der Waals surface area contributed by atoms with Crippen LogP contribution < -0.4 is 0 Å². The Morgan fingerprint density at radius 1 is 1.28 bits per heavy atom. The fourth-order valence-electron chi connectivity index (χ4n) is 3.91. The van der Waals surface area contributed by atoms with Crippen molar-refractivity contribution < 1.29 is 9.18 Å². The topological polar surface area (TPSA) is 38.1 Å². The molecule has 2 aromatic rings. The second-order valence-corrected chi connectivity index (χ2v) is 7.15. The third-order valence-electron chi connectivity index (χ3n) is 5.48. The van der Waals surface area contributed by atoms with Gasteiger partial charge in [-0.15, -0.1) is 0 Å². The van der Waals surface area contributed by atoms with E-state index in [0.29, 0.717) is 12.3 Å². The van der Waals surface area contributed by atoms with Gasteiger partial charge in [-0.1, -0.05) is 12.1 Å². The quantitative estimate of drug-likeness (QED) is 0.852. The van der Waals surface area contributed by atoms with E-state index >= 15 is 0 Å². The summed E-state index contributed by atoms with van der Waals surface area (Å²) >= 11 is 0. The zero-order valence-electron chi connectivity index (χ0n) is 15.4. The number of likely N-dealkylation sites (tertiary alicyclic amines) is 1. The van der Waals surface area contributed by atoms with E-state index in [2.05, 4.69) is 12.0 Å². The van der Waals surface area contributed by atoms with Gasteiger partial charge >= 0.3 is 0 Å². The van der Waals surface area contributed by atoms with Crippen LogP contribution in [-0.2, 0) is 18.3 Å². The van der Waals surface area contributed by atoms with Crippen molar-refractivity contribution in [1.29, 1.82) is 0 Å². The van der Waals surface area contributed by atoms with Crippen molar-refractivity contribution in [1.82, 2.24) is 14.7 Å². The first kappa shape index (κ1) is 17.6. The molecule has 1 fully saturated rings. The highest BCUT2D eigenvalue weighted by molar-refractivity contribution is 5.77. The highest BCUT2D eigenvalue weighted by Gasteiger charge is 2.33. The van der Waals surface area contributed by atoms with E-state index in [0.717, 1.165) is 36.3 Å². The molecule has 2 heterocycles. The van der Waals surface area contributed by atoms with Gasteiger partial charge in [-0.25, -0.2) is 4.39 Å². The largest absolute Gasteiger partial charge is 0.339 e. The summed E-state index contributed by atoms with van der Waals surface area (Å²) in [6.45, 7) is 6.86. The standard InChI is InChI=1S/C20H26FN3O/c1-13-11-17(16-5-7-18(21)8-6-16)12-24(13)20(25)10-9-19-14(2)22-23(4)15(19)3/h5-8,13,17H,9-12H2,1-4H3/t13-,17-/m0/s1. The Morgan fingerprint density at radius 2 is 1.96 bits per heavy atom. The molecular weight excluding hydrogens is 317 g/mol. The maximum absolute atomic E-state index is 13.1. The van der Waals surface area contributed by atoms with E-state index in [-0.39, 0.29) is 17.8 Å². The van der Waals surface area contributed by atoms with E-state index in [4.69, 9.17) is 0 Å². The van der Waals surface area contributed by atoms with E-state index in [9.17, 15) is 9.18 Å². The highest BCUT2D eigenvalue weighted by atomic mass is 19.1. The van der Waals surface area contributed by atoms with Crippen LogP contribution in [0.3, 0.4) is 0 Å². The molecule has 0 radical (unpaired) electrons. The van der Waals surface area contributed by atoms with Crippen LogP contribution in [0, 0.1) is 19.7 Å². The van der Waals surface area contributed by atoms with Crippen LogP contribution in [0.2, 0.25) is 0 Å². The average molecular weight is 343 g/mol. The highest BCUT2D eigenvalue weighted by Crippen LogP contribution is 2.32. The van der Waals surface area contributed by atoms with Crippen molar-refractivity contribution in [2.24, 2.45) is 7.05 Å². The van der Waals surface area contributed by atoms with E-state index in [1.165, 1.54) is 17.7 Å². The van der Waals surface area contributed by atoms with Gasteiger partial charge in [0.2, 0.25) is 5.91 Å². The number of hydrogen-bond acceptors (Lipinski definition) is 2. The SMILES string of the molecule is Cc1nn(C)c(C)c1CCC(=O)N1C[C@@H](c2ccc(F)cc2)C[C@@H]1C. The summed E-state index contributed by atoms with van der Waals surface area (Å²) in [4.78, 5) is 14.7. The number of amides is 1. The third kappa shape index (κ3) is 3.60. The third-order valence-corrected chi connectivity index (χ3v) is 5.48. The van der Waals surface area contributed by atoms with Crippen LogP contribution in [0.25, 0.3) is 0 Å². The number of nitrogens with zero attached hydrogens (tertiary/aromatic N) is 3. The first-order valence-corrected chi connectivity index (χ1v) is 8.90. The van der Waals surface area contributed by atoms with Crippen molar-refractivity contribution in [2.75, 3.05) is 6.54 Å².